The molecule has 5 heteroatoms. The maximum absolute atomic E-state index is 9.51. The molecule has 1 aliphatic heterocycles. The number of benzene rings is 1. The normalized spacial score (nSPS) is 23.1. The number of aliphatic hydroxyl groups is 1. The highest BCUT2D eigenvalue weighted by Gasteiger charge is 2.32. The van der Waals surface area contributed by atoms with Crippen LogP contribution in [0.4, 0.5) is 0 Å². The molecule has 0 aromatic heterocycles. The molecule has 3 rings (SSSR count). The topological polar surface area (TPSA) is 45.2 Å². The summed E-state index contributed by atoms with van der Waals surface area (Å²) in [6, 6.07) is 7.29. The molecule has 2 fully saturated rings. The first-order valence-corrected chi connectivity index (χ1v) is 9.54. The van der Waals surface area contributed by atoms with Gasteiger partial charge in [0.1, 0.15) is 11.5 Å². The lowest BCUT2D eigenvalue weighted by atomic mass is 10.0. The first-order valence-electron chi connectivity index (χ1n) is 9.54. The van der Waals surface area contributed by atoms with Crippen LogP contribution in [0.15, 0.2) is 18.2 Å². The van der Waals surface area contributed by atoms with Gasteiger partial charge >= 0.3 is 0 Å². The second-order valence-electron chi connectivity index (χ2n) is 7.30. The zero-order chi connectivity index (χ0) is 17.6. The summed E-state index contributed by atoms with van der Waals surface area (Å²) >= 11 is 0. The Labute approximate surface area is 151 Å². The van der Waals surface area contributed by atoms with Crippen molar-refractivity contribution in [1.82, 2.24) is 9.80 Å². The van der Waals surface area contributed by atoms with Crippen LogP contribution in [-0.2, 0) is 6.54 Å². The van der Waals surface area contributed by atoms with Gasteiger partial charge in [-0.05, 0) is 37.0 Å². The van der Waals surface area contributed by atoms with Gasteiger partial charge in [-0.1, -0.05) is 12.8 Å². The molecule has 2 aliphatic rings. The van der Waals surface area contributed by atoms with Gasteiger partial charge in [0.05, 0.1) is 14.2 Å². The van der Waals surface area contributed by atoms with Crippen molar-refractivity contribution in [2.45, 2.75) is 50.7 Å². The predicted octanol–water partition coefficient (Wildman–Crippen LogP) is 2.52. The smallest absolute Gasteiger partial charge is 0.122 e. The Hall–Kier alpha value is -1.30. The van der Waals surface area contributed by atoms with E-state index in [2.05, 4.69) is 21.9 Å². The maximum atomic E-state index is 9.51. The minimum atomic E-state index is 0.273. The Balaban J connectivity index is 1.65. The monoisotopic (exact) mass is 348 g/mol. The molecule has 0 radical (unpaired) electrons. The predicted molar refractivity (Wildman–Crippen MR) is 99.3 cm³/mol. The number of rotatable bonds is 7. The molecule has 1 heterocycles. The number of aliphatic hydroxyl groups excluding tert-OH is 1. The summed E-state index contributed by atoms with van der Waals surface area (Å²) in [5.41, 5.74) is 1.22. The van der Waals surface area contributed by atoms with E-state index in [9.17, 15) is 5.11 Å². The van der Waals surface area contributed by atoms with Gasteiger partial charge in [0.15, 0.2) is 0 Å². The third-order valence-corrected chi connectivity index (χ3v) is 5.69. The highest BCUT2D eigenvalue weighted by Crippen LogP contribution is 2.29. The summed E-state index contributed by atoms with van der Waals surface area (Å²) < 4.78 is 10.8. The Morgan fingerprint density at radius 1 is 1.04 bits per heavy atom. The number of nitrogens with zero attached hydrogens (tertiary/aromatic N) is 2. The fourth-order valence-corrected chi connectivity index (χ4v) is 4.42. The van der Waals surface area contributed by atoms with Crippen LogP contribution in [0.25, 0.3) is 0 Å². The first kappa shape index (κ1) is 18.5. The van der Waals surface area contributed by atoms with E-state index in [4.69, 9.17) is 9.47 Å². The van der Waals surface area contributed by atoms with E-state index in [1.165, 1.54) is 31.2 Å². The van der Waals surface area contributed by atoms with Crippen LogP contribution in [0.5, 0.6) is 11.5 Å². The van der Waals surface area contributed by atoms with Crippen LogP contribution in [0.3, 0.4) is 0 Å². The maximum Gasteiger partial charge on any atom is 0.122 e. The van der Waals surface area contributed by atoms with E-state index < -0.39 is 0 Å². The molecule has 0 amide bonds. The first-order chi connectivity index (χ1) is 12.2. The molecule has 140 valence electrons. The highest BCUT2D eigenvalue weighted by atomic mass is 16.5. The third-order valence-electron chi connectivity index (χ3n) is 5.69. The standard InChI is InChI=1S/C20H32N2O3/c1-24-19-11-16(12-20(13-19)25-2)14-21-8-9-22(17-5-3-4-6-17)18(15-21)7-10-23/h11-13,17-18,23H,3-10,14-15H2,1-2H3/t18-/m1/s1. The molecule has 1 atom stereocenters. The largest absolute Gasteiger partial charge is 0.497 e. The van der Waals surface area contributed by atoms with Crippen LogP contribution in [0.1, 0.15) is 37.7 Å². The van der Waals surface area contributed by atoms with Crippen molar-refractivity contribution in [1.29, 1.82) is 0 Å². The van der Waals surface area contributed by atoms with Gasteiger partial charge in [-0.15, -0.1) is 0 Å². The molecule has 0 unspecified atom stereocenters. The number of methoxy groups -OCH3 is 2. The van der Waals surface area contributed by atoms with E-state index in [0.717, 1.165) is 50.1 Å². The van der Waals surface area contributed by atoms with Crippen LogP contribution in [0.2, 0.25) is 0 Å². The van der Waals surface area contributed by atoms with Gasteiger partial charge in [-0.25, -0.2) is 0 Å². The van der Waals surface area contributed by atoms with Gasteiger partial charge < -0.3 is 14.6 Å². The molecule has 0 bridgehead atoms. The van der Waals surface area contributed by atoms with Crippen molar-refractivity contribution in [2.75, 3.05) is 40.5 Å². The van der Waals surface area contributed by atoms with E-state index in [1.807, 2.05) is 6.07 Å². The molecule has 1 aromatic carbocycles. The van der Waals surface area contributed by atoms with Gasteiger partial charge in [-0.2, -0.15) is 0 Å². The zero-order valence-corrected chi connectivity index (χ0v) is 15.6. The highest BCUT2D eigenvalue weighted by molar-refractivity contribution is 5.38. The number of hydrogen-bond acceptors (Lipinski definition) is 5. The van der Waals surface area contributed by atoms with Crippen molar-refractivity contribution in [2.24, 2.45) is 0 Å². The van der Waals surface area contributed by atoms with Crippen LogP contribution in [-0.4, -0.2) is 67.5 Å². The van der Waals surface area contributed by atoms with E-state index in [1.54, 1.807) is 14.2 Å². The lowest BCUT2D eigenvalue weighted by Crippen LogP contribution is -2.55. The molecule has 1 saturated heterocycles. The molecular weight excluding hydrogens is 316 g/mol. The minimum absolute atomic E-state index is 0.273. The van der Waals surface area contributed by atoms with Crippen LogP contribution in [0, 0.1) is 0 Å². The van der Waals surface area contributed by atoms with Crippen LogP contribution < -0.4 is 9.47 Å². The Kier molecular flexibility index (Phi) is 6.57. The molecule has 0 spiro atoms. The van der Waals surface area contributed by atoms with Crippen LogP contribution >= 0.6 is 0 Å². The lowest BCUT2D eigenvalue weighted by Gasteiger charge is -2.44. The fourth-order valence-electron chi connectivity index (χ4n) is 4.42. The third kappa shape index (κ3) is 4.66. The second kappa shape index (κ2) is 8.88. The van der Waals surface area contributed by atoms with E-state index >= 15 is 0 Å². The van der Waals surface area contributed by atoms with Crippen molar-refractivity contribution in [3.8, 4) is 11.5 Å². The average molecular weight is 348 g/mol. The van der Waals surface area contributed by atoms with Crippen molar-refractivity contribution in [3.63, 3.8) is 0 Å². The number of hydrogen-bond donors (Lipinski definition) is 1. The molecular formula is C20H32N2O3. The molecule has 1 saturated carbocycles. The zero-order valence-electron chi connectivity index (χ0n) is 15.6. The van der Waals surface area contributed by atoms with Crippen molar-refractivity contribution in [3.05, 3.63) is 23.8 Å². The second-order valence-corrected chi connectivity index (χ2v) is 7.30. The Morgan fingerprint density at radius 3 is 2.32 bits per heavy atom. The molecule has 1 aliphatic carbocycles. The summed E-state index contributed by atoms with van der Waals surface area (Å²) in [6.07, 6.45) is 6.25. The van der Waals surface area contributed by atoms with Gasteiger partial charge in [0.25, 0.3) is 0 Å². The quantitative estimate of drug-likeness (QED) is 0.820. The summed E-state index contributed by atoms with van der Waals surface area (Å²) in [7, 11) is 3.38. The fraction of sp³-hybridized carbons (Fsp3) is 0.700. The van der Waals surface area contributed by atoms with Gasteiger partial charge in [0.2, 0.25) is 0 Å². The summed E-state index contributed by atoms with van der Waals surface area (Å²) in [5, 5.41) is 9.51. The van der Waals surface area contributed by atoms with E-state index in [-0.39, 0.29) is 6.61 Å². The Morgan fingerprint density at radius 2 is 1.72 bits per heavy atom. The molecule has 1 aromatic rings. The summed E-state index contributed by atoms with van der Waals surface area (Å²) in [4.78, 5) is 5.17. The van der Waals surface area contributed by atoms with E-state index in [0.29, 0.717) is 6.04 Å². The molecule has 25 heavy (non-hydrogen) atoms. The van der Waals surface area contributed by atoms with Crippen molar-refractivity contribution >= 4 is 0 Å². The van der Waals surface area contributed by atoms with Crippen molar-refractivity contribution < 1.29 is 14.6 Å². The lowest BCUT2D eigenvalue weighted by molar-refractivity contribution is 0.0267. The summed E-state index contributed by atoms with van der Waals surface area (Å²) in [5.74, 6) is 1.68. The van der Waals surface area contributed by atoms with Gasteiger partial charge in [0, 0.05) is 50.9 Å². The number of piperazine rings is 1. The molecule has 5 nitrogen and oxygen atoms in total. The number of ether oxygens (including phenoxy) is 2. The SMILES string of the molecule is COc1cc(CN2CCN(C3CCCC3)[C@H](CCO)C2)cc(OC)c1. The van der Waals surface area contributed by atoms with Gasteiger partial charge in [-0.3, -0.25) is 9.80 Å². The minimum Gasteiger partial charge on any atom is -0.497 e. The average Bonchev–Trinajstić information content (AvgIpc) is 3.16. The molecule has 1 N–H and O–H groups in total. The summed E-state index contributed by atoms with van der Waals surface area (Å²) in [6.45, 7) is 4.38. The Bertz CT molecular complexity index is 523.